The highest BCUT2D eigenvalue weighted by Gasteiger charge is 2.19. The van der Waals surface area contributed by atoms with E-state index >= 15 is 0 Å². The second-order valence-corrected chi connectivity index (χ2v) is 15.1. The second kappa shape index (κ2) is 13.7. The second-order valence-electron chi connectivity index (χ2n) is 15.1. The minimum atomic E-state index is 0.658. The van der Waals surface area contributed by atoms with Gasteiger partial charge in [-0.1, -0.05) is 146 Å². The van der Waals surface area contributed by atoms with Crippen molar-refractivity contribution in [2.75, 3.05) is 0 Å². The van der Waals surface area contributed by atoms with E-state index in [0.717, 1.165) is 78.0 Å². The Morgan fingerprint density at radius 2 is 0.767 bits per heavy atom. The van der Waals surface area contributed by atoms with Gasteiger partial charge in [0.1, 0.15) is 0 Å². The number of rotatable bonds is 6. The van der Waals surface area contributed by atoms with Gasteiger partial charge < -0.3 is 9.13 Å². The highest BCUT2D eigenvalue weighted by molar-refractivity contribution is 6.10. The lowest BCUT2D eigenvalue weighted by molar-refractivity contribution is 1.13. The van der Waals surface area contributed by atoms with Crippen LogP contribution in [0.4, 0.5) is 0 Å². The van der Waals surface area contributed by atoms with Gasteiger partial charge in [0.15, 0.2) is 11.6 Å². The van der Waals surface area contributed by atoms with Crippen LogP contribution in [0.15, 0.2) is 206 Å². The molecule has 0 aliphatic rings. The number of hydrogen-bond donors (Lipinski definition) is 0. The van der Waals surface area contributed by atoms with E-state index in [9.17, 15) is 0 Å². The van der Waals surface area contributed by atoms with Gasteiger partial charge in [0, 0.05) is 66.8 Å². The van der Waals surface area contributed by atoms with Gasteiger partial charge >= 0.3 is 0 Å². The first-order valence-corrected chi connectivity index (χ1v) is 20.1. The van der Waals surface area contributed by atoms with Crippen molar-refractivity contribution in [3.05, 3.63) is 206 Å². The number of fused-ring (bicyclic) bond motifs is 7. The highest BCUT2D eigenvalue weighted by atomic mass is 15.0. The van der Waals surface area contributed by atoms with Crippen LogP contribution < -0.4 is 0 Å². The Balaban J connectivity index is 1.09. The molecule has 0 N–H and O–H groups in total. The lowest BCUT2D eigenvalue weighted by atomic mass is 10.0. The summed E-state index contributed by atoms with van der Waals surface area (Å²) < 4.78 is 4.78. The maximum Gasteiger partial charge on any atom is 0.160 e. The molecule has 4 heterocycles. The minimum Gasteiger partial charge on any atom is -0.309 e. The first-order chi connectivity index (χ1) is 29.7. The summed E-state index contributed by atoms with van der Waals surface area (Å²) in [6.45, 7) is 0. The summed E-state index contributed by atoms with van der Waals surface area (Å²) in [5.74, 6) is 1.35. The Kier molecular flexibility index (Phi) is 7.74. The molecule has 0 saturated heterocycles. The predicted molar refractivity (Wildman–Crippen MR) is 246 cm³/mol. The summed E-state index contributed by atoms with van der Waals surface area (Å²) in [6.07, 6.45) is 1.88. The quantitative estimate of drug-likeness (QED) is 0.169. The van der Waals surface area contributed by atoms with Crippen LogP contribution in [0.25, 0.3) is 111 Å². The van der Waals surface area contributed by atoms with E-state index < -0.39 is 0 Å². The maximum absolute atomic E-state index is 5.34. The lowest BCUT2D eigenvalue weighted by Gasteiger charge is -2.16. The van der Waals surface area contributed by atoms with Crippen LogP contribution in [-0.4, -0.2) is 29.1 Å². The Morgan fingerprint density at radius 1 is 0.317 bits per heavy atom. The molecule has 0 atom stereocenters. The largest absolute Gasteiger partial charge is 0.309 e. The van der Waals surface area contributed by atoms with E-state index in [2.05, 4.69) is 172 Å². The van der Waals surface area contributed by atoms with E-state index in [1.165, 1.54) is 21.5 Å². The van der Waals surface area contributed by atoms with Gasteiger partial charge in [-0.05, 0) is 54.6 Å². The third kappa shape index (κ3) is 5.57. The van der Waals surface area contributed by atoms with Gasteiger partial charge in [-0.25, -0.2) is 19.9 Å². The molecule has 12 aromatic rings. The molecule has 280 valence electrons. The molecule has 12 rings (SSSR count). The van der Waals surface area contributed by atoms with E-state index in [1.807, 2.05) is 48.7 Å². The molecular formula is C54H34N6. The predicted octanol–water partition coefficient (Wildman–Crippen LogP) is 13.3. The lowest BCUT2D eigenvalue weighted by Crippen LogP contribution is -2.01. The number of hydrogen-bond acceptors (Lipinski definition) is 4. The van der Waals surface area contributed by atoms with E-state index in [4.69, 9.17) is 15.0 Å². The van der Waals surface area contributed by atoms with Gasteiger partial charge in [0.25, 0.3) is 0 Å². The molecule has 0 saturated carbocycles. The summed E-state index contributed by atoms with van der Waals surface area (Å²) in [5.41, 5.74) is 13.1. The van der Waals surface area contributed by atoms with Crippen molar-refractivity contribution < 1.29 is 0 Å². The molecule has 0 spiro atoms. The molecule has 0 bridgehead atoms. The normalized spacial score (nSPS) is 11.7. The van der Waals surface area contributed by atoms with Crippen LogP contribution in [0, 0.1) is 0 Å². The van der Waals surface area contributed by atoms with Gasteiger partial charge in [0.05, 0.1) is 39.0 Å². The monoisotopic (exact) mass is 766 g/mol. The van der Waals surface area contributed by atoms with Crippen LogP contribution in [0.1, 0.15) is 0 Å². The van der Waals surface area contributed by atoms with Gasteiger partial charge in [-0.3, -0.25) is 0 Å². The van der Waals surface area contributed by atoms with E-state index in [0.29, 0.717) is 11.6 Å². The molecule has 0 unspecified atom stereocenters. The van der Waals surface area contributed by atoms with Crippen molar-refractivity contribution in [1.82, 2.24) is 29.1 Å². The van der Waals surface area contributed by atoms with E-state index in [1.54, 1.807) is 0 Å². The highest BCUT2D eigenvalue weighted by Crippen LogP contribution is 2.38. The zero-order valence-corrected chi connectivity index (χ0v) is 32.3. The van der Waals surface area contributed by atoms with Crippen LogP contribution in [-0.2, 0) is 0 Å². The molecular weight excluding hydrogens is 733 g/mol. The summed E-state index contributed by atoms with van der Waals surface area (Å²) in [5, 5.41) is 5.87. The smallest absolute Gasteiger partial charge is 0.160 e. The fourth-order valence-electron chi connectivity index (χ4n) is 8.76. The molecule has 60 heavy (non-hydrogen) atoms. The zero-order valence-electron chi connectivity index (χ0n) is 32.3. The van der Waals surface area contributed by atoms with Crippen molar-refractivity contribution >= 4 is 54.5 Å². The van der Waals surface area contributed by atoms with E-state index in [-0.39, 0.29) is 0 Å². The average molecular weight is 767 g/mol. The Morgan fingerprint density at radius 3 is 1.33 bits per heavy atom. The summed E-state index contributed by atoms with van der Waals surface area (Å²) in [6, 6.07) is 70.3. The van der Waals surface area contributed by atoms with Crippen LogP contribution in [0.5, 0.6) is 0 Å². The molecule has 4 aromatic heterocycles. The first-order valence-electron chi connectivity index (χ1n) is 20.1. The number of benzene rings is 8. The molecule has 0 fully saturated rings. The molecule has 0 aliphatic carbocycles. The van der Waals surface area contributed by atoms with Crippen molar-refractivity contribution in [2.24, 2.45) is 0 Å². The van der Waals surface area contributed by atoms with Gasteiger partial charge in [0.2, 0.25) is 0 Å². The summed E-state index contributed by atoms with van der Waals surface area (Å²) in [7, 11) is 0. The van der Waals surface area contributed by atoms with Crippen molar-refractivity contribution in [3.63, 3.8) is 0 Å². The fourth-order valence-corrected chi connectivity index (χ4v) is 8.76. The molecule has 6 nitrogen and oxygen atoms in total. The van der Waals surface area contributed by atoms with Crippen LogP contribution in [0.3, 0.4) is 0 Å². The van der Waals surface area contributed by atoms with Crippen LogP contribution >= 0.6 is 0 Å². The zero-order chi connectivity index (χ0) is 39.6. The number of para-hydroxylation sites is 5. The standard InChI is InChI=1S/C54H34N6/c1-2-14-36(15-3-1)54-57-47(35-26-28-37(29-27-35)53-55-34-38-16-4-9-21-46(38)56-53)33-48(58-54)39-30-40(59-49-22-10-5-17-42(49)43-18-6-11-23-50(43)59)32-41(31-39)60-51-24-12-7-19-44(51)45-20-8-13-25-52(45)60/h1-34H. The van der Waals surface area contributed by atoms with Gasteiger partial charge in [-0.2, -0.15) is 0 Å². The Hall–Kier alpha value is -8.22. The third-order valence-corrected chi connectivity index (χ3v) is 11.6. The Bertz CT molecular complexity index is 3360. The van der Waals surface area contributed by atoms with Crippen molar-refractivity contribution in [1.29, 1.82) is 0 Å². The first kappa shape index (κ1) is 33.9. The van der Waals surface area contributed by atoms with Crippen LogP contribution in [0.2, 0.25) is 0 Å². The molecule has 8 aromatic carbocycles. The topological polar surface area (TPSA) is 61.4 Å². The maximum atomic E-state index is 5.34. The Labute approximate surface area is 345 Å². The number of aromatic nitrogens is 6. The summed E-state index contributed by atoms with van der Waals surface area (Å²) >= 11 is 0. The average Bonchev–Trinajstić information content (AvgIpc) is 3.85. The fraction of sp³-hybridized carbons (Fsp3) is 0. The molecule has 0 amide bonds. The molecule has 0 aliphatic heterocycles. The minimum absolute atomic E-state index is 0.658. The van der Waals surface area contributed by atoms with Crippen molar-refractivity contribution in [3.8, 4) is 56.7 Å². The summed E-state index contributed by atoms with van der Waals surface area (Å²) in [4.78, 5) is 20.1. The third-order valence-electron chi connectivity index (χ3n) is 11.6. The number of nitrogens with zero attached hydrogens (tertiary/aromatic N) is 6. The molecule has 6 heteroatoms. The molecule has 0 radical (unpaired) electrons. The van der Waals surface area contributed by atoms with Gasteiger partial charge in [-0.15, -0.1) is 0 Å². The van der Waals surface area contributed by atoms with Crippen molar-refractivity contribution in [2.45, 2.75) is 0 Å². The SMILES string of the molecule is c1ccc(-c2nc(-c3ccc(-c4ncc5ccccc5n4)cc3)cc(-c3cc(-n4c5ccccc5c5ccccc54)cc(-n4c5ccccc5c5ccccc54)c3)n2)cc1.